The molecule has 0 spiro atoms. The van der Waals surface area contributed by atoms with Crippen LogP contribution in [0, 0.1) is 0 Å². The van der Waals surface area contributed by atoms with Crippen LogP contribution in [0.2, 0.25) is 0 Å². The van der Waals surface area contributed by atoms with Crippen molar-refractivity contribution in [2.75, 3.05) is 0 Å². The Balaban J connectivity index is 1.51. The minimum atomic E-state index is -3.55. The van der Waals surface area contributed by atoms with Crippen LogP contribution < -0.4 is 4.72 Å². The van der Waals surface area contributed by atoms with E-state index in [1.54, 1.807) is 35.4 Å². The van der Waals surface area contributed by atoms with Gasteiger partial charge in [-0.15, -0.1) is 0 Å². The van der Waals surface area contributed by atoms with Gasteiger partial charge in [0.2, 0.25) is 10.0 Å². The molecule has 3 aromatic rings. The second kappa shape index (κ2) is 7.01. The molecule has 0 unspecified atom stereocenters. The zero-order chi connectivity index (χ0) is 18.0. The van der Waals surface area contributed by atoms with Gasteiger partial charge in [0.05, 0.1) is 4.90 Å². The number of aromatic nitrogens is 3. The average Bonchev–Trinajstić information content (AvgIpc) is 3.21. The molecule has 0 atom stereocenters. The van der Waals surface area contributed by atoms with Gasteiger partial charge in [0.1, 0.15) is 0 Å². The van der Waals surface area contributed by atoms with Gasteiger partial charge in [-0.25, -0.2) is 22.8 Å². The molecule has 2 aromatic heterocycles. The van der Waals surface area contributed by atoms with Gasteiger partial charge in [0.25, 0.3) is 0 Å². The van der Waals surface area contributed by atoms with E-state index in [1.807, 2.05) is 24.3 Å². The molecule has 6 nitrogen and oxygen atoms in total. The second-order valence-electron chi connectivity index (χ2n) is 6.44. The molecular weight excluding hydrogens is 348 g/mol. The van der Waals surface area contributed by atoms with E-state index in [1.165, 1.54) is 12.0 Å². The lowest BCUT2D eigenvalue weighted by Crippen LogP contribution is -2.23. The van der Waals surface area contributed by atoms with Crippen LogP contribution in [0.3, 0.4) is 0 Å². The van der Waals surface area contributed by atoms with E-state index in [-0.39, 0.29) is 6.54 Å². The molecule has 1 aliphatic carbocycles. The molecule has 7 heteroatoms. The summed E-state index contributed by atoms with van der Waals surface area (Å²) in [6, 6.07) is 10.9. The zero-order valence-corrected chi connectivity index (χ0v) is 15.1. The van der Waals surface area contributed by atoms with E-state index in [0.717, 1.165) is 30.4 Å². The quantitative estimate of drug-likeness (QED) is 0.751. The number of hydrogen-bond donors (Lipinski definition) is 1. The number of nitrogens with one attached hydrogen (secondary N) is 1. The van der Waals surface area contributed by atoms with Gasteiger partial charge in [0.15, 0.2) is 5.82 Å². The summed E-state index contributed by atoms with van der Waals surface area (Å²) in [6.45, 7) is 0.205. The summed E-state index contributed by atoms with van der Waals surface area (Å²) in [5.74, 6) is 0.653. The maximum atomic E-state index is 12.7. The summed E-state index contributed by atoms with van der Waals surface area (Å²) in [6.07, 6.45) is 9.41. The number of benzene rings is 1. The highest BCUT2D eigenvalue weighted by Gasteiger charge is 2.17. The van der Waals surface area contributed by atoms with Crippen molar-refractivity contribution in [3.63, 3.8) is 0 Å². The molecule has 0 saturated heterocycles. The Kier molecular flexibility index (Phi) is 4.57. The van der Waals surface area contributed by atoms with Gasteiger partial charge in [0, 0.05) is 25.1 Å². The van der Waals surface area contributed by atoms with Crippen molar-refractivity contribution in [3.05, 3.63) is 71.7 Å². The van der Waals surface area contributed by atoms with E-state index in [0.29, 0.717) is 10.7 Å². The normalized spacial score (nSPS) is 14.2. The molecular formula is C19H20N4O2S. The summed E-state index contributed by atoms with van der Waals surface area (Å²) in [5.41, 5.74) is 3.25. The van der Waals surface area contributed by atoms with Crippen LogP contribution in [0.1, 0.15) is 29.5 Å². The monoisotopic (exact) mass is 368 g/mol. The summed E-state index contributed by atoms with van der Waals surface area (Å²) in [5, 5.41) is 4.14. The Morgan fingerprint density at radius 1 is 1.04 bits per heavy atom. The molecule has 0 radical (unpaired) electrons. The van der Waals surface area contributed by atoms with Crippen LogP contribution in [-0.4, -0.2) is 23.2 Å². The van der Waals surface area contributed by atoms with Crippen LogP contribution in [0.4, 0.5) is 0 Å². The minimum absolute atomic E-state index is 0.205. The smallest absolute Gasteiger partial charge is 0.237 e. The minimum Gasteiger partial charge on any atom is -0.237 e. The Morgan fingerprint density at radius 3 is 2.69 bits per heavy atom. The van der Waals surface area contributed by atoms with Crippen molar-refractivity contribution in [2.45, 2.75) is 37.1 Å². The van der Waals surface area contributed by atoms with Crippen molar-refractivity contribution >= 4 is 10.0 Å². The lowest BCUT2D eigenvalue weighted by Gasteiger charge is -2.16. The first-order valence-corrected chi connectivity index (χ1v) is 10.2. The number of pyridine rings is 1. The number of rotatable bonds is 5. The number of fused-ring (bicyclic) bond motifs is 1. The Bertz CT molecular complexity index is 1010. The van der Waals surface area contributed by atoms with Crippen LogP contribution in [0.5, 0.6) is 0 Å². The number of hydrogen-bond acceptors (Lipinski definition) is 4. The molecule has 1 N–H and O–H groups in total. The van der Waals surface area contributed by atoms with Gasteiger partial charge in [-0.3, -0.25) is 0 Å². The van der Waals surface area contributed by atoms with Crippen LogP contribution in [0.15, 0.2) is 59.9 Å². The molecule has 2 heterocycles. The van der Waals surface area contributed by atoms with Crippen LogP contribution >= 0.6 is 0 Å². The van der Waals surface area contributed by atoms with Crippen molar-refractivity contribution in [1.82, 2.24) is 19.5 Å². The maximum Gasteiger partial charge on any atom is 0.240 e. The average molecular weight is 368 g/mol. The summed E-state index contributed by atoms with van der Waals surface area (Å²) < 4.78 is 29.6. The number of sulfonamides is 1. The first kappa shape index (κ1) is 16.9. The lowest BCUT2D eigenvalue weighted by molar-refractivity contribution is 0.580. The fourth-order valence-electron chi connectivity index (χ4n) is 3.24. The Labute approximate surface area is 153 Å². The SMILES string of the molecule is O=S(=O)(NCc1ccnc(-n2cccn2)c1)c1ccc2c(c1)CCCC2. The third kappa shape index (κ3) is 3.54. The van der Waals surface area contributed by atoms with Crippen LogP contribution in [-0.2, 0) is 29.4 Å². The van der Waals surface area contributed by atoms with Crippen molar-refractivity contribution in [2.24, 2.45) is 0 Å². The van der Waals surface area contributed by atoms with E-state index in [9.17, 15) is 8.42 Å². The predicted octanol–water partition coefficient (Wildman–Crippen LogP) is 2.62. The van der Waals surface area contributed by atoms with E-state index in [2.05, 4.69) is 14.8 Å². The first-order valence-electron chi connectivity index (χ1n) is 8.68. The third-order valence-electron chi connectivity index (χ3n) is 4.65. The topological polar surface area (TPSA) is 76.9 Å². The molecule has 26 heavy (non-hydrogen) atoms. The fraction of sp³-hybridized carbons (Fsp3) is 0.263. The highest BCUT2D eigenvalue weighted by Crippen LogP contribution is 2.24. The summed E-state index contributed by atoms with van der Waals surface area (Å²) >= 11 is 0. The molecule has 0 bridgehead atoms. The second-order valence-corrected chi connectivity index (χ2v) is 8.20. The van der Waals surface area contributed by atoms with Gasteiger partial charge in [-0.1, -0.05) is 6.07 Å². The fourth-order valence-corrected chi connectivity index (χ4v) is 4.31. The highest BCUT2D eigenvalue weighted by atomic mass is 32.2. The maximum absolute atomic E-state index is 12.7. The highest BCUT2D eigenvalue weighted by molar-refractivity contribution is 7.89. The molecule has 4 rings (SSSR count). The Morgan fingerprint density at radius 2 is 1.88 bits per heavy atom. The third-order valence-corrected chi connectivity index (χ3v) is 6.04. The molecule has 0 aliphatic heterocycles. The molecule has 1 aliphatic rings. The van der Waals surface area contributed by atoms with Gasteiger partial charge >= 0.3 is 0 Å². The number of aryl methyl sites for hydroxylation is 2. The van der Waals surface area contributed by atoms with Gasteiger partial charge in [-0.05, 0) is 72.7 Å². The Hall–Kier alpha value is -2.51. The van der Waals surface area contributed by atoms with Crippen LogP contribution in [0.25, 0.3) is 5.82 Å². The molecule has 1 aromatic carbocycles. The van der Waals surface area contributed by atoms with E-state index >= 15 is 0 Å². The van der Waals surface area contributed by atoms with E-state index < -0.39 is 10.0 Å². The summed E-state index contributed by atoms with van der Waals surface area (Å²) in [7, 11) is -3.55. The molecule has 0 fully saturated rings. The standard InChI is InChI=1S/C19H20N4O2S/c24-26(25,18-7-6-16-4-1-2-5-17(16)13-18)22-14-15-8-10-20-19(12-15)23-11-3-9-21-23/h3,6-13,22H,1-2,4-5,14H2. The van der Waals surface area contributed by atoms with Crippen molar-refractivity contribution in [1.29, 1.82) is 0 Å². The van der Waals surface area contributed by atoms with Crippen molar-refractivity contribution in [3.8, 4) is 5.82 Å². The zero-order valence-electron chi connectivity index (χ0n) is 14.3. The van der Waals surface area contributed by atoms with E-state index in [4.69, 9.17) is 0 Å². The van der Waals surface area contributed by atoms with Gasteiger partial charge in [-0.2, -0.15) is 5.10 Å². The summed E-state index contributed by atoms with van der Waals surface area (Å²) in [4.78, 5) is 4.59. The van der Waals surface area contributed by atoms with Crippen molar-refractivity contribution < 1.29 is 8.42 Å². The largest absolute Gasteiger partial charge is 0.240 e. The first-order chi connectivity index (χ1) is 12.6. The lowest BCUT2D eigenvalue weighted by atomic mass is 9.92. The van der Waals surface area contributed by atoms with Gasteiger partial charge < -0.3 is 0 Å². The molecule has 0 saturated carbocycles. The number of nitrogens with zero attached hydrogens (tertiary/aromatic N) is 3. The molecule has 134 valence electrons. The predicted molar refractivity (Wildman–Crippen MR) is 98.5 cm³/mol. The molecule has 0 amide bonds.